The minimum absolute atomic E-state index is 0.0801. The molecule has 1 aliphatic heterocycles. The Morgan fingerprint density at radius 3 is 1.91 bits per heavy atom. The van der Waals surface area contributed by atoms with Crippen LogP contribution in [0.4, 0.5) is 0 Å². The highest BCUT2D eigenvalue weighted by molar-refractivity contribution is 6.89. The number of hydrogen-bond acceptors (Lipinski definition) is 15. The first-order valence-corrected chi connectivity index (χ1v) is 28.2. The Balaban J connectivity index is 2.72. The van der Waals surface area contributed by atoms with Gasteiger partial charge in [0.05, 0.1) is 13.2 Å². The second-order valence-corrected chi connectivity index (χ2v) is 31.2. The van der Waals surface area contributed by atoms with Gasteiger partial charge in [-0.1, -0.05) is 6.92 Å². The van der Waals surface area contributed by atoms with E-state index in [1.54, 1.807) is 0 Å². The molecule has 0 aromatic rings. The molecule has 1 saturated heterocycles. The number of carbonyl (C=O) groups is 1. The highest BCUT2D eigenvalue weighted by Crippen LogP contribution is 2.29. The summed E-state index contributed by atoms with van der Waals surface area (Å²) in [5, 5.41) is 86.2. The van der Waals surface area contributed by atoms with Gasteiger partial charge in [0, 0.05) is 13.1 Å². The van der Waals surface area contributed by atoms with Crippen molar-refractivity contribution in [2.24, 2.45) is 5.92 Å². The maximum absolute atomic E-state index is 12.6. The van der Waals surface area contributed by atoms with E-state index in [1.807, 2.05) is 0 Å². The molecule has 1 fully saturated rings. The summed E-state index contributed by atoms with van der Waals surface area (Å²) in [6.07, 6.45) is -16.5. The third-order valence-electron chi connectivity index (χ3n) is 6.98. The van der Waals surface area contributed by atoms with Crippen molar-refractivity contribution in [3.63, 3.8) is 0 Å². The Labute approximate surface area is 283 Å². The van der Waals surface area contributed by atoms with Crippen LogP contribution in [0.3, 0.4) is 0 Å². The highest BCUT2D eigenvalue weighted by atomic mass is 28.5. The summed E-state index contributed by atoms with van der Waals surface area (Å²) in [7, 11) is -8.81. The number of hydrogen-bond donors (Lipinski definition) is 10. The fourth-order valence-corrected chi connectivity index (χ4v) is 24.0. The van der Waals surface area contributed by atoms with E-state index >= 15 is 0 Å². The van der Waals surface area contributed by atoms with E-state index in [0.29, 0.717) is 13.1 Å². The summed E-state index contributed by atoms with van der Waals surface area (Å²) in [5.41, 5.74) is 0. The smallest absolute Gasteiger partial charge is 0.316 e. The fourth-order valence-electron chi connectivity index (χ4n) is 5.63. The molecule has 1 rings (SSSR count). The molecule has 20 heteroatoms. The van der Waals surface area contributed by atoms with Gasteiger partial charge in [0.25, 0.3) is 5.91 Å². The molecule has 0 saturated carbocycles. The molecule has 0 bridgehead atoms. The molecule has 1 heterocycles. The van der Waals surface area contributed by atoms with Crippen molar-refractivity contribution in [2.45, 2.75) is 127 Å². The lowest BCUT2D eigenvalue weighted by Crippen LogP contribution is -2.62. The lowest BCUT2D eigenvalue weighted by Gasteiger charge is -2.42. The van der Waals surface area contributed by atoms with Crippen molar-refractivity contribution < 1.29 is 67.5 Å². The molecule has 0 spiro atoms. The van der Waals surface area contributed by atoms with Crippen molar-refractivity contribution >= 4 is 39.7 Å². The van der Waals surface area contributed by atoms with Crippen molar-refractivity contribution in [2.75, 3.05) is 32.8 Å². The first-order chi connectivity index (χ1) is 21.3. The van der Waals surface area contributed by atoms with E-state index in [1.165, 1.54) is 0 Å². The van der Waals surface area contributed by atoms with Crippen LogP contribution < -0.4 is 10.6 Å². The Morgan fingerprint density at radius 1 is 0.830 bits per heavy atom. The van der Waals surface area contributed by atoms with Crippen molar-refractivity contribution in [3.8, 4) is 0 Å². The molecule has 16 nitrogen and oxygen atoms in total. The van der Waals surface area contributed by atoms with Crippen LogP contribution in [-0.4, -0.2) is 168 Å². The predicted octanol–water partition coefficient (Wildman–Crippen LogP) is -1.92. The first kappa shape index (κ1) is 44.8. The van der Waals surface area contributed by atoms with Gasteiger partial charge in [0.2, 0.25) is 0 Å². The van der Waals surface area contributed by atoms with Crippen LogP contribution in [0.1, 0.15) is 6.92 Å². The van der Waals surface area contributed by atoms with Crippen molar-refractivity contribution in [3.05, 3.63) is 0 Å². The summed E-state index contributed by atoms with van der Waals surface area (Å²) >= 11 is 0. The minimum Gasteiger partial charge on any atom is -0.437 e. The number of nitrogens with one attached hydrogen (secondary N) is 2. The average Bonchev–Trinajstić information content (AvgIpc) is 2.91. The molecule has 1 aliphatic rings. The Morgan fingerprint density at radius 2 is 1.40 bits per heavy atom. The molecule has 0 aromatic carbocycles. The summed E-state index contributed by atoms with van der Waals surface area (Å²) in [6.45, 7) is 20.4. The second-order valence-electron chi connectivity index (χ2n) is 14.9. The number of carbonyl (C=O) groups excluding carboxylic acids is 1. The summed E-state index contributed by atoms with van der Waals surface area (Å²) < 4.78 is 30.4. The van der Waals surface area contributed by atoms with E-state index in [4.69, 9.17) is 21.8 Å². The summed E-state index contributed by atoms with van der Waals surface area (Å²) in [6, 6.07) is 0.732. The number of rotatable bonds is 21. The van der Waals surface area contributed by atoms with Gasteiger partial charge in [0.1, 0.15) is 42.7 Å². The van der Waals surface area contributed by atoms with Crippen LogP contribution >= 0.6 is 0 Å². The topological polar surface area (TPSA) is 249 Å². The molecule has 11 unspecified atom stereocenters. The third kappa shape index (κ3) is 15.7. The lowest BCUT2D eigenvalue weighted by molar-refractivity contribution is -0.326. The van der Waals surface area contributed by atoms with E-state index in [-0.39, 0.29) is 12.5 Å². The molecule has 0 aliphatic carbocycles. The van der Waals surface area contributed by atoms with Crippen LogP contribution in [-0.2, 0) is 26.6 Å². The van der Waals surface area contributed by atoms with Crippen LogP contribution in [0.25, 0.3) is 0 Å². The Bertz CT molecular complexity index is 944. The van der Waals surface area contributed by atoms with E-state index in [9.17, 15) is 45.6 Å². The Hall–Kier alpha value is -0.222. The molecule has 0 radical (unpaired) electrons. The van der Waals surface area contributed by atoms with Gasteiger partial charge in [0.15, 0.2) is 29.0 Å². The zero-order valence-electron chi connectivity index (χ0n) is 29.5. The van der Waals surface area contributed by atoms with Crippen LogP contribution in [0.15, 0.2) is 0 Å². The van der Waals surface area contributed by atoms with Crippen LogP contribution in [0.5, 0.6) is 0 Å². The predicted molar refractivity (Wildman–Crippen MR) is 183 cm³/mol. The quantitative estimate of drug-likeness (QED) is 0.0454. The Kier molecular flexibility index (Phi) is 18.0. The molecule has 47 heavy (non-hydrogen) atoms. The highest BCUT2D eigenvalue weighted by Gasteiger charge is 2.48. The normalized spacial score (nSPS) is 27.4. The van der Waals surface area contributed by atoms with Gasteiger partial charge in [-0.2, -0.15) is 0 Å². The largest absolute Gasteiger partial charge is 0.437 e. The summed E-state index contributed by atoms with van der Waals surface area (Å²) in [4.78, 5) is 12.6. The molecule has 10 N–H and O–H groups in total. The monoisotopic (exact) mass is 750 g/mol. The maximum atomic E-state index is 12.6. The van der Waals surface area contributed by atoms with Gasteiger partial charge in [-0.15, -0.1) is 0 Å². The van der Waals surface area contributed by atoms with Gasteiger partial charge in [-0.3, -0.25) is 4.79 Å². The van der Waals surface area contributed by atoms with E-state index < -0.39 is 108 Å². The standard InChI is InChI=1S/C27H62N2O14Si4/c1-17(16-47(10,42-45(5,6)7)43-46(8,9)41-44(2,3)4)13-28-11-12-29-26(38)23(36)22(35)25(18(32)14-30)40-27-24(37)21(34)20(33)19(15-31)39-27/h17-25,27-28,30-37H,11-16H2,1-10H3,(H,29,38). The number of ether oxygens (including phenoxy) is 2. The van der Waals surface area contributed by atoms with Gasteiger partial charge < -0.3 is 73.3 Å². The maximum Gasteiger partial charge on any atom is 0.316 e. The SMILES string of the molecule is CC(CNCCNC(=O)C(O)C(O)C(OC1OC(CO)C(O)C(O)C1O)C(O)CO)C[Si](C)(O[Si](C)(C)C)O[Si](C)(C)O[Si](C)(C)C. The third-order valence-corrected chi connectivity index (χ3v) is 20.7. The number of aliphatic hydroxyl groups is 8. The minimum atomic E-state index is -2.62. The zero-order valence-corrected chi connectivity index (χ0v) is 33.5. The molecular formula is C27H62N2O14Si4. The lowest BCUT2D eigenvalue weighted by atomic mass is 9.98. The number of amides is 1. The van der Waals surface area contributed by atoms with Crippen LogP contribution in [0, 0.1) is 5.92 Å². The van der Waals surface area contributed by atoms with E-state index in [2.05, 4.69) is 76.5 Å². The van der Waals surface area contributed by atoms with Crippen molar-refractivity contribution in [1.82, 2.24) is 10.6 Å². The van der Waals surface area contributed by atoms with Gasteiger partial charge in [-0.05, 0) is 77.4 Å². The fraction of sp³-hybridized carbons (Fsp3) is 0.963. The van der Waals surface area contributed by atoms with Crippen molar-refractivity contribution in [1.29, 1.82) is 0 Å². The molecule has 0 aromatic heterocycles. The zero-order chi connectivity index (χ0) is 36.5. The molecule has 280 valence electrons. The molecule has 1 amide bonds. The van der Waals surface area contributed by atoms with E-state index in [0.717, 1.165) is 6.04 Å². The second kappa shape index (κ2) is 18.9. The first-order valence-electron chi connectivity index (χ1n) is 16.0. The summed E-state index contributed by atoms with van der Waals surface area (Å²) in [5.74, 6) is -0.825. The number of aliphatic hydroxyl groups excluding tert-OH is 8. The molecule has 11 atom stereocenters. The van der Waals surface area contributed by atoms with Gasteiger partial charge >= 0.3 is 17.1 Å². The molecular weight excluding hydrogens is 689 g/mol. The van der Waals surface area contributed by atoms with Crippen LogP contribution in [0.2, 0.25) is 65.0 Å². The average molecular weight is 751 g/mol. The van der Waals surface area contributed by atoms with Gasteiger partial charge in [-0.25, -0.2) is 0 Å².